The molecule has 0 radical (unpaired) electrons. The van der Waals surface area contributed by atoms with Crippen molar-refractivity contribution < 1.29 is 24.0 Å². The fourth-order valence-corrected chi connectivity index (χ4v) is 3.72. The lowest BCUT2D eigenvalue weighted by molar-refractivity contribution is -0.384. The highest BCUT2D eigenvalue weighted by atomic mass is 19.1. The lowest BCUT2D eigenvalue weighted by Crippen LogP contribution is -2.53. The van der Waals surface area contributed by atoms with Gasteiger partial charge in [-0.15, -0.1) is 0 Å². The molecule has 0 spiro atoms. The zero-order valence-electron chi connectivity index (χ0n) is 17.5. The van der Waals surface area contributed by atoms with Gasteiger partial charge in [-0.3, -0.25) is 14.9 Å². The molecule has 1 fully saturated rings. The van der Waals surface area contributed by atoms with E-state index < -0.39 is 34.3 Å². The molecule has 3 rings (SSSR count). The Morgan fingerprint density at radius 3 is 2.68 bits per heavy atom. The van der Waals surface area contributed by atoms with Crippen molar-refractivity contribution in [3.63, 3.8) is 0 Å². The van der Waals surface area contributed by atoms with Crippen LogP contribution in [0.25, 0.3) is 0 Å². The quantitative estimate of drug-likeness (QED) is 0.394. The number of rotatable bonds is 7. The van der Waals surface area contributed by atoms with Gasteiger partial charge in [0.1, 0.15) is 17.1 Å². The van der Waals surface area contributed by atoms with E-state index in [1.807, 2.05) is 6.07 Å². The van der Waals surface area contributed by atoms with Crippen LogP contribution in [0, 0.1) is 21.8 Å². The lowest BCUT2D eigenvalue weighted by atomic mass is 9.90. The standard InChI is InChI=1S/C22H26FN3O5/c1-22(2,14-27)31-21(28)17-13-24-11-10-18(17)25(16-6-4-3-5-7-16)19-9-8-15(23)12-20(19)26(29)30/h3-9,12,17-18,24,27H,10-11,13-14H2,1-2H3/t17-,18-/m0/s1. The van der Waals surface area contributed by atoms with E-state index in [0.29, 0.717) is 25.2 Å². The molecule has 1 heterocycles. The highest BCUT2D eigenvalue weighted by molar-refractivity contribution is 5.79. The van der Waals surface area contributed by atoms with E-state index in [1.165, 1.54) is 12.1 Å². The molecule has 0 unspecified atom stereocenters. The highest BCUT2D eigenvalue weighted by Gasteiger charge is 2.40. The predicted octanol–water partition coefficient (Wildman–Crippen LogP) is 3.16. The molecule has 2 atom stereocenters. The van der Waals surface area contributed by atoms with Crippen LogP contribution in [0.15, 0.2) is 48.5 Å². The van der Waals surface area contributed by atoms with E-state index in [0.717, 1.165) is 6.07 Å². The van der Waals surface area contributed by atoms with Gasteiger partial charge in [-0.05, 0) is 51.1 Å². The Morgan fingerprint density at radius 2 is 2.03 bits per heavy atom. The Hall–Kier alpha value is -3.04. The number of halogens is 1. The smallest absolute Gasteiger partial charge is 0.312 e. The molecule has 2 aromatic rings. The second-order valence-electron chi connectivity index (χ2n) is 8.10. The Kier molecular flexibility index (Phi) is 6.87. The van der Waals surface area contributed by atoms with Crippen molar-refractivity contribution in [2.24, 2.45) is 5.92 Å². The number of nitrogens with zero attached hydrogens (tertiary/aromatic N) is 2. The lowest BCUT2D eigenvalue weighted by Gasteiger charge is -2.41. The largest absolute Gasteiger partial charge is 0.457 e. The summed E-state index contributed by atoms with van der Waals surface area (Å²) in [5.41, 5.74) is -0.601. The molecule has 0 amide bonds. The Labute approximate surface area is 179 Å². The van der Waals surface area contributed by atoms with E-state index in [9.17, 15) is 24.4 Å². The van der Waals surface area contributed by atoms with Crippen molar-refractivity contribution in [2.45, 2.75) is 31.9 Å². The summed E-state index contributed by atoms with van der Waals surface area (Å²) in [5, 5.41) is 24.4. The van der Waals surface area contributed by atoms with Crippen LogP contribution < -0.4 is 10.2 Å². The number of nitrogens with one attached hydrogen (secondary N) is 1. The molecule has 9 heteroatoms. The number of ether oxygens (including phenoxy) is 1. The van der Waals surface area contributed by atoms with Crippen LogP contribution in [0.4, 0.5) is 21.5 Å². The number of nitro groups is 1. The minimum absolute atomic E-state index is 0.198. The van der Waals surface area contributed by atoms with Crippen LogP contribution in [-0.4, -0.2) is 47.3 Å². The third kappa shape index (κ3) is 5.18. The third-order valence-electron chi connectivity index (χ3n) is 5.27. The third-order valence-corrected chi connectivity index (χ3v) is 5.27. The first-order chi connectivity index (χ1) is 14.7. The molecule has 0 aromatic heterocycles. The second kappa shape index (κ2) is 9.40. The average Bonchev–Trinajstić information content (AvgIpc) is 2.75. The number of carbonyl (C=O) groups is 1. The summed E-state index contributed by atoms with van der Waals surface area (Å²) in [5.74, 6) is -1.89. The Morgan fingerprint density at radius 1 is 1.32 bits per heavy atom. The van der Waals surface area contributed by atoms with Gasteiger partial charge in [-0.1, -0.05) is 18.2 Å². The number of para-hydroxylation sites is 1. The van der Waals surface area contributed by atoms with Crippen molar-refractivity contribution in [3.8, 4) is 0 Å². The average molecular weight is 431 g/mol. The van der Waals surface area contributed by atoms with Crippen LogP contribution in [-0.2, 0) is 9.53 Å². The molecule has 0 saturated carbocycles. The zero-order valence-corrected chi connectivity index (χ0v) is 17.5. The minimum atomic E-state index is -1.06. The first kappa shape index (κ1) is 22.6. The maximum absolute atomic E-state index is 13.8. The molecule has 1 aliphatic heterocycles. The SMILES string of the molecule is CC(C)(CO)OC(=O)[C@H]1CNCC[C@@H]1N(c1ccccc1)c1ccc(F)cc1[N+](=O)[O-]. The van der Waals surface area contributed by atoms with Gasteiger partial charge in [0.05, 0.1) is 29.6 Å². The Balaban J connectivity index is 2.09. The van der Waals surface area contributed by atoms with Gasteiger partial charge in [0.2, 0.25) is 0 Å². The van der Waals surface area contributed by atoms with E-state index in [1.54, 1.807) is 43.0 Å². The zero-order chi connectivity index (χ0) is 22.6. The molecular formula is C22H26FN3O5. The number of aliphatic hydroxyl groups excluding tert-OH is 1. The molecule has 1 aliphatic rings. The van der Waals surface area contributed by atoms with Crippen LogP contribution in [0.1, 0.15) is 20.3 Å². The van der Waals surface area contributed by atoms with E-state index in [2.05, 4.69) is 5.32 Å². The molecule has 0 aliphatic carbocycles. The van der Waals surface area contributed by atoms with Gasteiger partial charge in [0.15, 0.2) is 0 Å². The monoisotopic (exact) mass is 431 g/mol. The summed E-state index contributed by atoms with van der Waals surface area (Å²) < 4.78 is 19.3. The van der Waals surface area contributed by atoms with Crippen LogP contribution >= 0.6 is 0 Å². The van der Waals surface area contributed by atoms with Crippen molar-refractivity contribution in [1.82, 2.24) is 5.32 Å². The van der Waals surface area contributed by atoms with Crippen molar-refractivity contribution >= 4 is 23.0 Å². The van der Waals surface area contributed by atoms with Gasteiger partial charge >= 0.3 is 5.97 Å². The maximum atomic E-state index is 13.8. The number of hydrogen-bond donors (Lipinski definition) is 2. The molecule has 0 bridgehead atoms. The summed E-state index contributed by atoms with van der Waals surface area (Å²) in [6, 6.07) is 11.9. The van der Waals surface area contributed by atoms with Gasteiger partial charge in [0, 0.05) is 12.2 Å². The normalized spacial score (nSPS) is 19.0. The number of piperidine rings is 1. The number of nitro benzene ring substituents is 1. The summed E-state index contributed by atoms with van der Waals surface area (Å²) in [6.45, 7) is 3.78. The number of esters is 1. The number of aliphatic hydroxyl groups is 1. The molecule has 166 valence electrons. The molecule has 1 saturated heterocycles. The first-order valence-electron chi connectivity index (χ1n) is 10.1. The molecular weight excluding hydrogens is 405 g/mol. The van der Waals surface area contributed by atoms with Gasteiger partial charge in [-0.2, -0.15) is 0 Å². The van der Waals surface area contributed by atoms with Crippen molar-refractivity contribution in [2.75, 3.05) is 24.6 Å². The van der Waals surface area contributed by atoms with Gasteiger partial charge in [-0.25, -0.2) is 4.39 Å². The molecule has 8 nitrogen and oxygen atoms in total. The summed E-state index contributed by atoms with van der Waals surface area (Å²) >= 11 is 0. The molecule has 31 heavy (non-hydrogen) atoms. The summed E-state index contributed by atoms with van der Waals surface area (Å²) in [4.78, 5) is 25.8. The van der Waals surface area contributed by atoms with Crippen LogP contribution in [0.5, 0.6) is 0 Å². The number of benzene rings is 2. The van der Waals surface area contributed by atoms with Gasteiger partial charge in [0.25, 0.3) is 5.69 Å². The van der Waals surface area contributed by atoms with Crippen LogP contribution in [0.2, 0.25) is 0 Å². The fraction of sp³-hybridized carbons (Fsp3) is 0.409. The minimum Gasteiger partial charge on any atom is -0.457 e. The second-order valence-corrected chi connectivity index (χ2v) is 8.10. The van der Waals surface area contributed by atoms with Crippen molar-refractivity contribution in [1.29, 1.82) is 0 Å². The molecule has 2 N–H and O–H groups in total. The first-order valence-corrected chi connectivity index (χ1v) is 10.1. The van der Waals surface area contributed by atoms with E-state index >= 15 is 0 Å². The van der Waals surface area contributed by atoms with E-state index in [-0.39, 0.29) is 18.0 Å². The van der Waals surface area contributed by atoms with E-state index in [4.69, 9.17) is 4.74 Å². The number of hydrogen-bond acceptors (Lipinski definition) is 7. The van der Waals surface area contributed by atoms with Gasteiger partial charge < -0.3 is 20.1 Å². The van der Waals surface area contributed by atoms with Crippen molar-refractivity contribution in [3.05, 3.63) is 64.5 Å². The highest BCUT2D eigenvalue weighted by Crippen LogP contribution is 2.39. The number of carbonyl (C=O) groups excluding carboxylic acids is 1. The number of anilines is 2. The maximum Gasteiger partial charge on any atom is 0.312 e. The fourth-order valence-electron chi connectivity index (χ4n) is 3.72. The Bertz CT molecular complexity index is 938. The summed E-state index contributed by atoms with van der Waals surface area (Å²) in [6.07, 6.45) is 0.503. The molecule has 2 aromatic carbocycles. The topological polar surface area (TPSA) is 105 Å². The van der Waals surface area contributed by atoms with Crippen LogP contribution in [0.3, 0.4) is 0 Å². The predicted molar refractivity (Wildman–Crippen MR) is 114 cm³/mol. The summed E-state index contributed by atoms with van der Waals surface area (Å²) in [7, 11) is 0.